The smallest absolute Gasteiger partial charge is 0.0547 e. The monoisotopic (exact) mass is 625 g/mol. The molecular formula is C42H28BrN. The van der Waals surface area contributed by atoms with Crippen molar-refractivity contribution in [3.63, 3.8) is 0 Å². The van der Waals surface area contributed by atoms with Crippen LogP contribution in [0, 0.1) is 0 Å². The molecule has 0 fully saturated rings. The number of fused-ring (bicyclic) bond motifs is 3. The molecule has 44 heavy (non-hydrogen) atoms. The van der Waals surface area contributed by atoms with E-state index in [0.717, 1.165) is 10.2 Å². The van der Waals surface area contributed by atoms with Crippen molar-refractivity contribution in [1.82, 2.24) is 4.57 Å². The normalized spacial score (nSPS) is 11.3. The highest BCUT2D eigenvalue weighted by atomic mass is 79.9. The number of hydrogen-bond acceptors (Lipinski definition) is 0. The van der Waals surface area contributed by atoms with E-state index in [4.69, 9.17) is 0 Å². The van der Waals surface area contributed by atoms with Crippen LogP contribution < -0.4 is 0 Å². The van der Waals surface area contributed by atoms with Crippen LogP contribution in [0.2, 0.25) is 0 Å². The first-order valence-electron chi connectivity index (χ1n) is 14.9. The van der Waals surface area contributed by atoms with Crippen LogP contribution in [0.3, 0.4) is 0 Å². The summed E-state index contributed by atoms with van der Waals surface area (Å²) in [5, 5.41) is 2.50. The highest BCUT2D eigenvalue weighted by molar-refractivity contribution is 9.10. The van der Waals surface area contributed by atoms with Crippen LogP contribution in [0.4, 0.5) is 0 Å². The van der Waals surface area contributed by atoms with Crippen molar-refractivity contribution in [3.8, 4) is 50.2 Å². The van der Waals surface area contributed by atoms with Crippen molar-refractivity contribution in [2.75, 3.05) is 0 Å². The van der Waals surface area contributed by atoms with Gasteiger partial charge in [-0.05, 0) is 80.9 Å². The maximum Gasteiger partial charge on any atom is 0.0547 e. The van der Waals surface area contributed by atoms with E-state index in [-0.39, 0.29) is 0 Å². The van der Waals surface area contributed by atoms with Gasteiger partial charge in [0, 0.05) is 20.9 Å². The number of halogens is 1. The summed E-state index contributed by atoms with van der Waals surface area (Å²) in [7, 11) is 0. The van der Waals surface area contributed by atoms with E-state index < -0.39 is 0 Å². The van der Waals surface area contributed by atoms with Crippen molar-refractivity contribution in [2.24, 2.45) is 0 Å². The fraction of sp³-hybridized carbons (Fsp3) is 0. The largest absolute Gasteiger partial charge is 0.309 e. The molecule has 2 heteroatoms. The maximum absolute atomic E-state index is 3.67. The minimum atomic E-state index is 1.08. The molecule has 1 aromatic heterocycles. The van der Waals surface area contributed by atoms with Gasteiger partial charge in [0.1, 0.15) is 0 Å². The molecule has 0 amide bonds. The molecule has 0 saturated carbocycles. The van der Waals surface area contributed by atoms with E-state index in [1.807, 2.05) is 0 Å². The van der Waals surface area contributed by atoms with Crippen LogP contribution in [0.1, 0.15) is 0 Å². The summed E-state index contributed by atoms with van der Waals surface area (Å²) in [5.41, 5.74) is 13.2. The van der Waals surface area contributed by atoms with Crippen molar-refractivity contribution < 1.29 is 0 Å². The second kappa shape index (κ2) is 11.1. The van der Waals surface area contributed by atoms with Crippen molar-refractivity contribution in [1.29, 1.82) is 0 Å². The van der Waals surface area contributed by atoms with Crippen LogP contribution >= 0.6 is 15.9 Å². The molecular weight excluding hydrogens is 598 g/mol. The Morgan fingerprint density at radius 1 is 0.341 bits per heavy atom. The van der Waals surface area contributed by atoms with Crippen LogP contribution in [0.25, 0.3) is 72.0 Å². The van der Waals surface area contributed by atoms with Gasteiger partial charge in [-0.25, -0.2) is 0 Å². The third kappa shape index (κ3) is 4.65. The van der Waals surface area contributed by atoms with Crippen LogP contribution in [-0.4, -0.2) is 4.57 Å². The first-order valence-corrected chi connectivity index (χ1v) is 15.7. The van der Waals surface area contributed by atoms with E-state index in [1.165, 1.54) is 66.3 Å². The fourth-order valence-corrected chi connectivity index (χ4v) is 6.86. The molecule has 0 aliphatic carbocycles. The van der Waals surface area contributed by atoms with Gasteiger partial charge in [-0.1, -0.05) is 149 Å². The van der Waals surface area contributed by atoms with Crippen LogP contribution in [-0.2, 0) is 0 Å². The molecule has 0 bridgehead atoms. The van der Waals surface area contributed by atoms with Crippen molar-refractivity contribution in [3.05, 3.63) is 174 Å². The lowest BCUT2D eigenvalue weighted by molar-refractivity contribution is 1.18. The van der Waals surface area contributed by atoms with E-state index in [9.17, 15) is 0 Å². The van der Waals surface area contributed by atoms with Crippen LogP contribution in [0.5, 0.6) is 0 Å². The van der Waals surface area contributed by atoms with Crippen molar-refractivity contribution >= 4 is 37.7 Å². The Morgan fingerprint density at radius 2 is 0.909 bits per heavy atom. The average molecular weight is 627 g/mol. The third-order valence-corrected chi connectivity index (χ3v) is 8.97. The molecule has 0 saturated heterocycles. The molecule has 7 aromatic carbocycles. The highest BCUT2D eigenvalue weighted by Gasteiger charge is 2.17. The van der Waals surface area contributed by atoms with Gasteiger partial charge >= 0.3 is 0 Å². The van der Waals surface area contributed by atoms with Crippen molar-refractivity contribution in [2.45, 2.75) is 0 Å². The Hall–Kier alpha value is -5.18. The average Bonchev–Trinajstić information content (AvgIpc) is 3.42. The molecule has 0 atom stereocenters. The Labute approximate surface area is 265 Å². The van der Waals surface area contributed by atoms with Gasteiger partial charge in [-0.15, -0.1) is 0 Å². The number of benzene rings is 7. The Morgan fingerprint density at radius 3 is 1.64 bits per heavy atom. The molecule has 0 unspecified atom stereocenters. The zero-order chi connectivity index (χ0) is 29.5. The molecule has 8 aromatic rings. The lowest BCUT2D eigenvalue weighted by atomic mass is 9.93. The zero-order valence-corrected chi connectivity index (χ0v) is 25.6. The van der Waals surface area contributed by atoms with Gasteiger partial charge in [0.2, 0.25) is 0 Å². The molecule has 1 heterocycles. The van der Waals surface area contributed by atoms with Gasteiger partial charge in [0.05, 0.1) is 11.0 Å². The first-order chi connectivity index (χ1) is 21.7. The van der Waals surface area contributed by atoms with E-state index >= 15 is 0 Å². The number of aromatic nitrogens is 1. The van der Waals surface area contributed by atoms with Gasteiger partial charge in [0.15, 0.2) is 0 Å². The van der Waals surface area contributed by atoms with Gasteiger partial charge in [0.25, 0.3) is 0 Å². The lowest BCUT2D eigenvalue weighted by Crippen LogP contribution is -1.96. The predicted octanol–water partition coefficient (Wildman–Crippen LogP) is 12.2. The molecule has 0 aliphatic heterocycles. The predicted molar refractivity (Wildman–Crippen MR) is 190 cm³/mol. The summed E-state index contributed by atoms with van der Waals surface area (Å²) >= 11 is 3.67. The van der Waals surface area contributed by atoms with E-state index in [2.05, 4.69) is 190 Å². The molecule has 1 nitrogen and oxygen atoms in total. The van der Waals surface area contributed by atoms with E-state index in [0.29, 0.717) is 0 Å². The lowest BCUT2D eigenvalue weighted by Gasteiger charge is -2.16. The summed E-state index contributed by atoms with van der Waals surface area (Å²) in [4.78, 5) is 0. The Bertz CT molecular complexity index is 2280. The van der Waals surface area contributed by atoms with Gasteiger partial charge in [-0.3, -0.25) is 0 Å². The standard InChI is InChI=1S/C42H28BrN/c43-33-17-11-16-31(26-33)35-18-7-8-19-36(35)32-22-24-39-38-20-9-10-21-41(38)44(42(39)27-32)34-23-25-37(29-12-3-1-4-13-29)40(28-34)30-14-5-2-6-15-30/h1-28H. The molecule has 8 rings (SSSR count). The maximum atomic E-state index is 3.67. The fourth-order valence-electron chi connectivity index (χ4n) is 6.46. The first kappa shape index (κ1) is 26.4. The summed E-state index contributed by atoms with van der Waals surface area (Å²) in [5.74, 6) is 0. The highest BCUT2D eigenvalue weighted by Crippen LogP contribution is 2.40. The zero-order valence-electron chi connectivity index (χ0n) is 24.0. The Kier molecular flexibility index (Phi) is 6.70. The second-order valence-electron chi connectivity index (χ2n) is 11.1. The van der Waals surface area contributed by atoms with Crippen LogP contribution in [0.15, 0.2) is 174 Å². The third-order valence-electron chi connectivity index (χ3n) is 8.48. The molecule has 0 N–H and O–H groups in total. The SMILES string of the molecule is Brc1cccc(-c2ccccc2-c2ccc3c4ccccc4n(-c4ccc(-c5ccccc5)c(-c5ccccc5)c4)c3c2)c1. The molecule has 0 aliphatic rings. The van der Waals surface area contributed by atoms with E-state index in [1.54, 1.807) is 0 Å². The quantitative estimate of drug-likeness (QED) is 0.179. The Balaban J connectivity index is 1.37. The number of para-hydroxylation sites is 1. The molecule has 0 radical (unpaired) electrons. The molecule has 208 valence electrons. The number of rotatable bonds is 5. The number of nitrogens with zero attached hydrogens (tertiary/aromatic N) is 1. The van der Waals surface area contributed by atoms with Gasteiger partial charge in [-0.2, -0.15) is 0 Å². The topological polar surface area (TPSA) is 4.93 Å². The summed E-state index contributed by atoms with van der Waals surface area (Å²) in [6, 6.07) is 61.2. The summed E-state index contributed by atoms with van der Waals surface area (Å²) in [6.45, 7) is 0. The minimum absolute atomic E-state index is 1.08. The minimum Gasteiger partial charge on any atom is -0.309 e. The number of hydrogen-bond donors (Lipinski definition) is 0. The summed E-state index contributed by atoms with van der Waals surface area (Å²) in [6.07, 6.45) is 0. The van der Waals surface area contributed by atoms with Gasteiger partial charge < -0.3 is 4.57 Å². The second-order valence-corrected chi connectivity index (χ2v) is 12.0. The summed E-state index contributed by atoms with van der Waals surface area (Å²) < 4.78 is 3.51. The molecule has 0 spiro atoms.